The second kappa shape index (κ2) is 9.45. The van der Waals surface area contributed by atoms with E-state index < -0.39 is 17.9 Å². The molecule has 0 aromatic heterocycles. The summed E-state index contributed by atoms with van der Waals surface area (Å²) in [5.41, 5.74) is 10.6. The van der Waals surface area contributed by atoms with E-state index in [0.717, 1.165) is 17.7 Å². The maximum Gasteiger partial charge on any atom is 0.267 e. The van der Waals surface area contributed by atoms with Crippen LogP contribution in [0, 0.1) is 0 Å². The van der Waals surface area contributed by atoms with Gasteiger partial charge in [-0.05, 0) is 49.6 Å². The zero-order chi connectivity index (χ0) is 20.7. The van der Waals surface area contributed by atoms with E-state index in [9.17, 15) is 9.59 Å². The van der Waals surface area contributed by atoms with Gasteiger partial charge in [0.15, 0.2) is 0 Å². The predicted octanol–water partition coefficient (Wildman–Crippen LogP) is 1.80. The second-order valence-corrected chi connectivity index (χ2v) is 7.62. The molecule has 0 saturated carbocycles. The molecular formula is C21H28N4O3. The molecule has 0 unspecified atom stereocenters. The summed E-state index contributed by atoms with van der Waals surface area (Å²) < 4.78 is 0. The average molecular weight is 384 g/mol. The molecule has 0 spiro atoms. The fourth-order valence-electron chi connectivity index (χ4n) is 2.55. The van der Waals surface area contributed by atoms with Gasteiger partial charge in [-0.25, -0.2) is 5.48 Å². The minimum atomic E-state index is -0.994. The maximum absolute atomic E-state index is 12.2. The van der Waals surface area contributed by atoms with E-state index in [-0.39, 0.29) is 12.1 Å². The molecule has 150 valence electrons. The predicted molar refractivity (Wildman–Crippen MR) is 109 cm³/mol. The van der Waals surface area contributed by atoms with Crippen molar-refractivity contribution >= 4 is 11.8 Å². The minimum absolute atomic E-state index is 0.0653. The van der Waals surface area contributed by atoms with Crippen LogP contribution in [0.4, 0.5) is 0 Å². The monoisotopic (exact) mass is 384 g/mol. The van der Waals surface area contributed by atoms with E-state index in [1.165, 1.54) is 11.0 Å². The van der Waals surface area contributed by atoms with Crippen LogP contribution in [0.5, 0.6) is 0 Å². The van der Waals surface area contributed by atoms with E-state index in [1.807, 2.05) is 24.3 Å². The quantitative estimate of drug-likeness (QED) is 0.369. The van der Waals surface area contributed by atoms with Gasteiger partial charge in [-0.3, -0.25) is 14.8 Å². The maximum atomic E-state index is 12.2. The van der Waals surface area contributed by atoms with Crippen molar-refractivity contribution < 1.29 is 14.8 Å². The average Bonchev–Trinajstić information content (AvgIpc) is 2.69. The molecule has 0 aliphatic heterocycles. The number of hydrogen-bond donors (Lipinski definition) is 5. The molecule has 7 heteroatoms. The van der Waals surface area contributed by atoms with Crippen molar-refractivity contribution in [1.29, 1.82) is 0 Å². The molecule has 2 amide bonds. The summed E-state index contributed by atoms with van der Waals surface area (Å²) in [6, 6.07) is 14.3. The lowest BCUT2D eigenvalue weighted by atomic mass is 10.0. The minimum Gasteiger partial charge on any atom is -0.339 e. The normalized spacial score (nSPS) is 12.3. The number of nitrogens with one attached hydrogen (secondary N) is 3. The first-order valence-electron chi connectivity index (χ1n) is 9.13. The van der Waals surface area contributed by atoms with Crippen molar-refractivity contribution in [1.82, 2.24) is 16.1 Å². The number of nitrogens with two attached hydrogens (primary N) is 1. The SMILES string of the molecule is CC(C)(C)NCc1ccc(-c2ccc(C(=O)N[C@@H](CN)C(=O)NO)cc2)cc1. The van der Waals surface area contributed by atoms with Gasteiger partial charge in [-0.1, -0.05) is 36.4 Å². The summed E-state index contributed by atoms with van der Waals surface area (Å²) in [7, 11) is 0. The third kappa shape index (κ3) is 6.16. The third-order valence-electron chi connectivity index (χ3n) is 4.22. The van der Waals surface area contributed by atoms with Crippen LogP contribution in [0.15, 0.2) is 48.5 Å². The summed E-state index contributed by atoms with van der Waals surface area (Å²) in [6.45, 7) is 7.07. The van der Waals surface area contributed by atoms with Crippen molar-refractivity contribution in [2.45, 2.75) is 38.9 Å². The van der Waals surface area contributed by atoms with E-state index in [0.29, 0.717) is 5.56 Å². The topological polar surface area (TPSA) is 116 Å². The van der Waals surface area contributed by atoms with Crippen molar-refractivity contribution in [3.05, 3.63) is 59.7 Å². The number of benzene rings is 2. The van der Waals surface area contributed by atoms with Gasteiger partial charge in [0.05, 0.1) is 0 Å². The largest absolute Gasteiger partial charge is 0.339 e. The van der Waals surface area contributed by atoms with Crippen LogP contribution < -0.4 is 21.8 Å². The lowest BCUT2D eigenvalue weighted by molar-refractivity contribution is -0.130. The molecule has 2 aromatic rings. The Balaban J connectivity index is 2.03. The van der Waals surface area contributed by atoms with Gasteiger partial charge in [-0.2, -0.15) is 0 Å². The summed E-state index contributed by atoms with van der Waals surface area (Å²) in [5, 5.41) is 14.6. The summed E-state index contributed by atoms with van der Waals surface area (Å²) in [4.78, 5) is 23.7. The molecule has 1 atom stereocenters. The lowest BCUT2D eigenvalue weighted by Gasteiger charge is -2.20. The van der Waals surface area contributed by atoms with Crippen LogP contribution in [0.25, 0.3) is 11.1 Å². The van der Waals surface area contributed by atoms with Crippen LogP contribution >= 0.6 is 0 Å². The van der Waals surface area contributed by atoms with Crippen LogP contribution in [0.1, 0.15) is 36.7 Å². The van der Waals surface area contributed by atoms with E-state index in [2.05, 4.69) is 43.5 Å². The summed E-state index contributed by atoms with van der Waals surface area (Å²) in [5.74, 6) is -1.19. The summed E-state index contributed by atoms with van der Waals surface area (Å²) >= 11 is 0. The molecule has 28 heavy (non-hydrogen) atoms. The zero-order valence-electron chi connectivity index (χ0n) is 16.5. The van der Waals surface area contributed by atoms with Crippen LogP contribution in [0.3, 0.4) is 0 Å². The Kier molecular flexibility index (Phi) is 7.28. The Morgan fingerprint density at radius 3 is 2.00 bits per heavy atom. The number of carbonyl (C=O) groups is 2. The first-order chi connectivity index (χ1) is 13.2. The number of amides is 2. The van der Waals surface area contributed by atoms with Gasteiger partial charge in [0.2, 0.25) is 0 Å². The molecule has 6 N–H and O–H groups in total. The molecule has 0 radical (unpaired) electrons. The smallest absolute Gasteiger partial charge is 0.267 e. The van der Waals surface area contributed by atoms with Gasteiger partial charge in [0.1, 0.15) is 6.04 Å². The molecule has 2 rings (SSSR count). The standard InChI is InChI=1S/C21H28N4O3/c1-21(2,3)23-13-14-4-6-15(7-5-14)16-8-10-17(11-9-16)19(26)24-18(12-22)20(27)25-28/h4-11,18,23,28H,12-13,22H2,1-3H3,(H,24,26)(H,25,27)/t18-/m0/s1. The third-order valence-corrected chi connectivity index (χ3v) is 4.22. The molecule has 2 aromatic carbocycles. The Hall–Kier alpha value is -2.74. The molecule has 7 nitrogen and oxygen atoms in total. The molecule has 0 aliphatic rings. The highest BCUT2D eigenvalue weighted by Gasteiger charge is 2.19. The van der Waals surface area contributed by atoms with Crippen LogP contribution in [0.2, 0.25) is 0 Å². The molecule has 0 heterocycles. The fourth-order valence-corrected chi connectivity index (χ4v) is 2.55. The molecule has 0 saturated heterocycles. The number of hydroxylamine groups is 1. The molecule has 0 aliphatic carbocycles. The first-order valence-corrected chi connectivity index (χ1v) is 9.13. The highest BCUT2D eigenvalue weighted by Crippen LogP contribution is 2.20. The van der Waals surface area contributed by atoms with E-state index in [1.54, 1.807) is 12.1 Å². The van der Waals surface area contributed by atoms with Crippen molar-refractivity contribution in [2.75, 3.05) is 6.54 Å². The molecule has 0 fully saturated rings. The van der Waals surface area contributed by atoms with Crippen LogP contribution in [-0.4, -0.2) is 35.1 Å². The van der Waals surface area contributed by atoms with Crippen molar-refractivity contribution in [3.8, 4) is 11.1 Å². The van der Waals surface area contributed by atoms with Gasteiger partial charge in [-0.15, -0.1) is 0 Å². The summed E-state index contributed by atoms with van der Waals surface area (Å²) in [6.07, 6.45) is 0. The van der Waals surface area contributed by atoms with Gasteiger partial charge in [0.25, 0.3) is 11.8 Å². The second-order valence-electron chi connectivity index (χ2n) is 7.62. The van der Waals surface area contributed by atoms with E-state index in [4.69, 9.17) is 10.9 Å². The van der Waals surface area contributed by atoms with Crippen molar-refractivity contribution in [3.63, 3.8) is 0 Å². The van der Waals surface area contributed by atoms with Gasteiger partial charge >= 0.3 is 0 Å². The Labute approximate surface area is 165 Å². The lowest BCUT2D eigenvalue weighted by Crippen LogP contribution is -2.50. The number of hydrogen-bond acceptors (Lipinski definition) is 5. The van der Waals surface area contributed by atoms with Crippen molar-refractivity contribution in [2.24, 2.45) is 5.73 Å². The zero-order valence-corrected chi connectivity index (χ0v) is 16.5. The van der Waals surface area contributed by atoms with Gasteiger partial charge < -0.3 is 16.4 Å². The molecular weight excluding hydrogens is 356 g/mol. The fraction of sp³-hybridized carbons (Fsp3) is 0.333. The van der Waals surface area contributed by atoms with Crippen LogP contribution in [-0.2, 0) is 11.3 Å². The Morgan fingerprint density at radius 2 is 1.54 bits per heavy atom. The van der Waals surface area contributed by atoms with Gasteiger partial charge in [0, 0.05) is 24.2 Å². The Bertz CT molecular complexity index is 796. The molecule has 0 bridgehead atoms. The number of carbonyl (C=O) groups excluding carboxylic acids is 2. The number of rotatable bonds is 7. The first kappa shape index (κ1) is 21.6. The highest BCUT2D eigenvalue weighted by molar-refractivity contribution is 5.97. The van der Waals surface area contributed by atoms with E-state index >= 15 is 0 Å². The Morgan fingerprint density at radius 1 is 1.00 bits per heavy atom. The highest BCUT2D eigenvalue weighted by atomic mass is 16.5.